The number of rotatable bonds is 1. The molecule has 0 bridgehead atoms. The molecule has 1 aromatic heterocycles. The topological polar surface area (TPSA) is 76.9 Å². The number of likely N-dealkylation sites (N-methyl/N-ethyl adjacent to an activating group) is 1. The van der Waals surface area contributed by atoms with Crippen molar-refractivity contribution in [3.63, 3.8) is 0 Å². The molecule has 1 aromatic carbocycles. The number of hydrogen-bond acceptors (Lipinski definition) is 5. The smallest absolute Gasteiger partial charge is 0.257 e. The molecule has 0 saturated carbocycles. The lowest BCUT2D eigenvalue weighted by atomic mass is 9.91. The Kier molecular flexibility index (Phi) is 6.27. The molecule has 4 rings (SSSR count). The van der Waals surface area contributed by atoms with Crippen LogP contribution in [0.2, 0.25) is 0 Å². The van der Waals surface area contributed by atoms with Gasteiger partial charge in [0.05, 0.1) is 31.5 Å². The van der Waals surface area contributed by atoms with Crippen molar-refractivity contribution in [1.29, 1.82) is 0 Å². The van der Waals surface area contributed by atoms with Crippen molar-refractivity contribution in [3.8, 4) is 5.75 Å². The second-order valence-electron chi connectivity index (χ2n) is 8.36. The van der Waals surface area contributed by atoms with Gasteiger partial charge in [0.2, 0.25) is 0 Å². The summed E-state index contributed by atoms with van der Waals surface area (Å²) >= 11 is 0. The van der Waals surface area contributed by atoms with E-state index in [2.05, 4.69) is 11.2 Å². The third-order valence-corrected chi connectivity index (χ3v) is 6.09. The molecule has 0 N–H and O–H groups in total. The Morgan fingerprint density at radius 1 is 1.13 bits per heavy atom. The van der Waals surface area contributed by atoms with Gasteiger partial charge in [-0.15, -0.1) is 0 Å². The molecule has 2 amide bonds. The Labute approximate surface area is 182 Å². The minimum absolute atomic E-state index is 0.0892. The molecule has 1 unspecified atom stereocenters. The van der Waals surface area contributed by atoms with Crippen LogP contribution in [-0.4, -0.2) is 76.9 Å². The Hall–Kier alpha value is -2.87. The number of amides is 2. The van der Waals surface area contributed by atoms with E-state index >= 15 is 0 Å². The minimum Gasteiger partial charge on any atom is -0.491 e. The van der Waals surface area contributed by atoms with Gasteiger partial charge >= 0.3 is 0 Å². The number of aromatic nitrogens is 2. The van der Waals surface area contributed by atoms with Crippen molar-refractivity contribution in [1.82, 2.24) is 19.6 Å². The fourth-order valence-electron chi connectivity index (χ4n) is 4.38. The number of ether oxygens (including phenoxy) is 2. The highest BCUT2D eigenvalue weighted by Crippen LogP contribution is 2.29. The van der Waals surface area contributed by atoms with Crippen LogP contribution in [0.1, 0.15) is 35.2 Å². The van der Waals surface area contributed by atoms with Crippen LogP contribution < -0.4 is 4.74 Å². The molecular formula is C23H30N4O4. The molecular weight excluding hydrogens is 396 g/mol. The summed E-state index contributed by atoms with van der Waals surface area (Å²) in [6.45, 7) is 1.91. The Bertz CT molecular complexity index is 943. The largest absolute Gasteiger partial charge is 0.491 e. The summed E-state index contributed by atoms with van der Waals surface area (Å²) in [7, 11) is 3.56. The molecule has 1 spiro atoms. The monoisotopic (exact) mass is 426 g/mol. The maximum absolute atomic E-state index is 13.5. The van der Waals surface area contributed by atoms with Gasteiger partial charge in [0.15, 0.2) is 5.60 Å². The van der Waals surface area contributed by atoms with Crippen LogP contribution in [0.25, 0.3) is 0 Å². The Morgan fingerprint density at radius 2 is 1.97 bits per heavy atom. The molecule has 2 aromatic rings. The Balaban J connectivity index is 1.54. The Morgan fingerprint density at radius 3 is 2.77 bits per heavy atom. The van der Waals surface area contributed by atoms with Crippen LogP contribution in [0, 0.1) is 0 Å². The average Bonchev–Trinajstić information content (AvgIpc) is 3.22. The lowest BCUT2D eigenvalue weighted by molar-refractivity contribution is -0.169. The predicted molar refractivity (Wildman–Crippen MR) is 115 cm³/mol. The molecule has 166 valence electrons. The van der Waals surface area contributed by atoms with Gasteiger partial charge in [-0.3, -0.25) is 14.3 Å². The van der Waals surface area contributed by atoms with Crippen molar-refractivity contribution in [2.75, 3.05) is 39.9 Å². The molecule has 2 aliphatic rings. The van der Waals surface area contributed by atoms with Crippen molar-refractivity contribution >= 4 is 11.8 Å². The van der Waals surface area contributed by atoms with Crippen LogP contribution in [0.4, 0.5) is 0 Å². The minimum atomic E-state index is -1.02. The lowest BCUT2D eigenvalue weighted by Crippen LogP contribution is -2.61. The summed E-state index contributed by atoms with van der Waals surface area (Å²) in [5.41, 5.74) is 0.686. The van der Waals surface area contributed by atoms with Crippen LogP contribution in [0.15, 0.2) is 36.7 Å². The summed E-state index contributed by atoms with van der Waals surface area (Å²) in [5.74, 6) is 0.684. The highest BCUT2D eigenvalue weighted by Gasteiger charge is 2.46. The van der Waals surface area contributed by atoms with E-state index in [1.165, 1.54) is 5.56 Å². The zero-order valence-electron chi connectivity index (χ0n) is 18.2. The van der Waals surface area contributed by atoms with E-state index in [-0.39, 0.29) is 18.4 Å². The molecule has 31 heavy (non-hydrogen) atoms. The second kappa shape index (κ2) is 9.09. The number of aryl methyl sites for hydroxylation is 2. The number of fused-ring (bicyclic) bond motifs is 1. The molecule has 0 radical (unpaired) electrons. The third kappa shape index (κ3) is 4.58. The highest BCUT2D eigenvalue weighted by atomic mass is 16.5. The second-order valence-corrected chi connectivity index (χ2v) is 8.36. The zero-order chi connectivity index (χ0) is 21.8. The number of carbonyl (C=O) groups excluding carboxylic acids is 2. The molecule has 1 saturated heterocycles. The van der Waals surface area contributed by atoms with Gasteiger partial charge in [-0.25, -0.2) is 0 Å². The molecule has 1 atom stereocenters. The van der Waals surface area contributed by atoms with E-state index in [1.54, 1.807) is 41.0 Å². The van der Waals surface area contributed by atoms with Crippen LogP contribution in [0.3, 0.4) is 0 Å². The summed E-state index contributed by atoms with van der Waals surface area (Å²) in [5, 5.41) is 4.10. The van der Waals surface area contributed by atoms with Crippen molar-refractivity contribution in [2.45, 2.75) is 31.3 Å². The van der Waals surface area contributed by atoms with E-state index < -0.39 is 5.60 Å². The van der Waals surface area contributed by atoms with Gasteiger partial charge < -0.3 is 19.3 Å². The van der Waals surface area contributed by atoms with E-state index in [9.17, 15) is 9.59 Å². The van der Waals surface area contributed by atoms with Gasteiger partial charge in [0.1, 0.15) is 12.4 Å². The molecule has 2 aliphatic heterocycles. The molecule has 1 fully saturated rings. The fourth-order valence-corrected chi connectivity index (χ4v) is 4.38. The maximum atomic E-state index is 13.5. The van der Waals surface area contributed by atoms with Crippen molar-refractivity contribution in [2.24, 2.45) is 7.05 Å². The predicted octanol–water partition coefficient (Wildman–Crippen LogP) is 1.90. The van der Waals surface area contributed by atoms with Gasteiger partial charge in [0.25, 0.3) is 11.8 Å². The first-order chi connectivity index (χ1) is 15.0. The normalized spacial score (nSPS) is 23.0. The zero-order valence-corrected chi connectivity index (χ0v) is 18.2. The average molecular weight is 427 g/mol. The van der Waals surface area contributed by atoms with Gasteiger partial charge in [-0.05, 0) is 37.3 Å². The number of carbonyl (C=O) groups is 2. The molecule has 3 heterocycles. The van der Waals surface area contributed by atoms with E-state index in [0.717, 1.165) is 25.0 Å². The van der Waals surface area contributed by atoms with Gasteiger partial charge in [-0.1, -0.05) is 18.2 Å². The quantitative estimate of drug-likeness (QED) is 0.696. The number of para-hydroxylation sites is 1. The fraction of sp³-hybridized carbons (Fsp3) is 0.522. The van der Waals surface area contributed by atoms with Gasteiger partial charge in [-0.2, -0.15) is 5.10 Å². The first-order valence-electron chi connectivity index (χ1n) is 10.9. The number of benzene rings is 1. The van der Waals surface area contributed by atoms with E-state index in [1.807, 2.05) is 18.2 Å². The third-order valence-electron chi connectivity index (χ3n) is 6.09. The SMILES string of the molecule is CN1CCOc2ccccc2CCCCC2(CN(C(=O)c3cnn(C)c3)CCO2)C1=O. The van der Waals surface area contributed by atoms with E-state index in [0.29, 0.717) is 38.3 Å². The standard InChI is InChI=1S/C23H30N4O4/c1-25-11-13-30-20-9-4-3-7-18(20)8-5-6-10-23(22(25)29)17-27(12-14-31-23)21(28)19-15-24-26(2)16-19/h3-4,7,9,15-16H,5-6,8,10-14,17H2,1-2H3. The van der Waals surface area contributed by atoms with Crippen molar-refractivity contribution in [3.05, 3.63) is 47.8 Å². The number of nitrogens with zero attached hydrogens (tertiary/aromatic N) is 4. The van der Waals surface area contributed by atoms with Crippen LogP contribution in [0.5, 0.6) is 5.75 Å². The maximum Gasteiger partial charge on any atom is 0.257 e. The van der Waals surface area contributed by atoms with E-state index in [4.69, 9.17) is 9.47 Å². The highest BCUT2D eigenvalue weighted by molar-refractivity contribution is 5.95. The number of morpholine rings is 1. The lowest BCUT2D eigenvalue weighted by Gasteiger charge is -2.43. The van der Waals surface area contributed by atoms with Gasteiger partial charge in [0, 0.05) is 26.8 Å². The molecule has 0 aliphatic carbocycles. The van der Waals surface area contributed by atoms with Crippen LogP contribution >= 0.6 is 0 Å². The van der Waals surface area contributed by atoms with Crippen LogP contribution in [-0.2, 0) is 23.0 Å². The summed E-state index contributed by atoms with van der Waals surface area (Å²) in [6, 6.07) is 8.07. The summed E-state index contributed by atoms with van der Waals surface area (Å²) < 4.78 is 13.7. The first-order valence-corrected chi connectivity index (χ1v) is 10.9. The molecule has 8 nitrogen and oxygen atoms in total. The number of hydrogen-bond donors (Lipinski definition) is 0. The summed E-state index contributed by atoms with van der Waals surface area (Å²) in [4.78, 5) is 29.9. The van der Waals surface area contributed by atoms with Crippen molar-refractivity contribution < 1.29 is 19.1 Å². The molecule has 8 heteroatoms. The first kappa shape index (κ1) is 21.4. The summed E-state index contributed by atoms with van der Waals surface area (Å²) in [6.07, 6.45) is 6.47.